The molecule has 0 radical (unpaired) electrons. The van der Waals surface area contributed by atoms with Gasteiger partial charge in [0.15, 0.2) is 0 Å². The summed E-state index contributed by atoms with van der Waals surface area (Å²) in [6, 6.07) is 0. The highest BCUT2D eigenvalue weighted by Crippen LogP contribution is 1.81. The van der Waals surface area contributed by atoms with Gasteiger partial charge in [0.1, 0.15) is 0 Å². The largest absolute Gasteiger partial charge is 0.269 e. The summed E-state index contributed by atoms with van der Waals surface area (Å²) in [5.41, 5.74) is 1.02. The van der Waals surface area contributed by atoms with Gasteiger partial charge in [-0.25, -0.2) is 0 Å². The molecule has 0 aliphatic carbocycles. The lowest BCUT2D eigenvalue weighted by molar-refractivity contribution is 1.11. The van der Waals surface area contributed by atoms with Gasteiger partial charge in [-0.15, -0.1) is 0 Å². The van der Waals surface area contributed by atoms with E-state index in [1.54, 1.807) is 6.08 Å². The van der Waals surface area contributed by atoms with Crippen molar-refractivity contribution in [3.63, 3.8) is 0 Å². The SMILES string of the molecule is C=CC(=C)C.F. The van der Waals surface area contributed by atoms with Crippen molar-refractivity contribution in [2.45, 2.75) is 6.92 Å². The zero-order valence-electron chi connectivity index (χ0n) is 3.90. The molecular formula is C5H9F. The van der Waals surface area contributed by atoms with Crippen molar-refractivity contribution in [2.24, 2.45) is 0 Å². The van der Waals surface area contributed by atoms with Gasteiger partial charge >= 0.3 is 0 Å². The molecule has 0 bridgehead atoms. The zero-order chi connectivity index (χ0) is 4.28. The van der Waals surface area contributed by atoms with Gasteiger partial charge in [0.2, 0.25) is 0 Å². The van der Waals surface area contributed by atoms with E-state index in [-0.39, 0.29) is 4.70 Å². The Balaban J connectivity index is 0. The Labute approximate surface area is 37.5 Å². The van der Waals surface area contributed by atoms with Crippen LogP contribution in [-0.4, -0.2) is 0 Å². The summed E-state index contributed by atoms with van der Waals surface area (Å²) in [5, 5.41) is 0. The first-order valence-corrected chi connectivity index (χ1v) is 1.55. The molecule has 1 heteroatoms. The molecule has 0 atom stereocenters. The fourth-order valence-corrected chi connectivity index (χ4v) is 0. The number of hydrogen-bond acceptors (Lipinski definition) is 0. The van der Waals surface area contributed by atoms with E-state index in [1.807, 2.05) is 6.92 Å². The van der Waals surface area contributed by atoms with Gasteiger partial charge in [0, 0.05) is 0 Å². The molecule has 0 nitrogen and oxygen atoms in total. The molecule has 0 saturated carbocycles. The highest BCUT2D eigenvalue weighted by Gasteiger charge is 1.59. The Hall–Kier alpha value is -0.590. The number of hydrogen-bond donors (Lipinski definition) is 0. The topological polar surface area (TPSA) is 0 Å². The molecule has 0 unspecified atom stereocenters. The molecule has 0 aliphatic rings. The van der Waals surface area contributed by atoms with Crippen LogP contribution >= 0.6 is 0 Å². The molecule has 0 saturated heterocycles. The van der Waals surface area contributed by atoms with E-state index in [0.29, 0.717) is 0 Å². The van der Waals surface area contributed by atoms with Crippen molar-refractivity contribution in [2.75, 3.05) is 0 Å². The summed E-state index contributed by atoms with van der Waals surface area (Å²) < 4.78 is 0. The van der Waals surface area contributed by atoms with Crippen LogP contribution in [0.25, 0.3) is 0 Å². The molecule has 36 valence electrons. The molecule has 0 N–H and O–H groups in total. The fourth-order valence-electron chi connectivity index (χ4n) is 0. The maximum Gasteiger partial charge on any atom is -0.0404 e. The second-order valence-corrected chi connectivity index (χ2v) is 1.05. The molecule has 0 fully saturated rings. The van der Waals surface area contributed by atoms with E-state index in [0.717, 1.165) is 5.57 Å². The lowest BCUT2D eigenvalue weighted by Crippen LogP contribution is -1.50. The normalized spacial score (nSPS) is 5.50. The Morgan fingerprint density at radius 2 is 1.83 bits per heavy atom. The van der Waals surface area contributed by atoms with Crippen LogP contribution in [0.4, 0.5) is 4.70 Å². The van der Waals surface area contributed by atoms with Crippen LogP contribution in [0, 0.1) is 0 Å². The summed E-state index contributed by atoms with van der Waals surface area (Å²) in [6.07, 6.45) is 1.72. The predicted molar refractivity (Wildman–Crippen MR) is 27.5 cm³/mol. The summed E-state index contributed by atoms with van der Waals surface area (Å²) in [6.45, 7) is 8.93. The van der Waals surface area contributed by atoms with Crippen LogP contribution in [0.3, 0.4) is 0 Å². The smallest absolute Gasteiger partial charge is 0.0404 e. The van der Waals surface area contributed by atoms with Gasteiger partial charge in [-0.2, -0.15) is 0 Å². The van der Waals surface area contributed by atoms with Gasteiger partial charge < -0.3 is 0 Å². The van der Waals surface area contributed by atoms with E-state index in [1.165, 1.54) is 0 Å². The molecule has 0 amide bonds. The van der Waals surface area contributed by atoms with Gasteiger partial charge in [-0.3, -0.25) is 4.70 Å². The number of allylic oxidation sites excluding steroid dienone is 2. The molecular weight excluding hydrogens is 79.1 g/mol. The molecule has 0 aromatic rings. The van der Waals surface area contributed by atoms with Gasteiger partial charge in [0.05, 0.1) is 0 Å². The molecule has 0 aromatic heterocycles. The lowest BCUT2D eigenvalue weighted by atomic mass is 10.4. The first-order valence-electron chi connectivity index (χ1n) is 1.55. The van der Waals surface area contributed by atoms with E-state index in [2.05, 4.69) is 13.2 Å². The third-order valence-electron chi connectivity index (χ3n) is 0.348. The van der Waals surface area contributed by atoms with E-state index >= 15 is 0 Å². The highest BCUT2D eigenvalue weighted by molar-refractivity contribution is 5.05. The van der Waals surface area contributed by atoms with Crippen molar-refractivity contribution < 1.29 is 4.70 Å². The lowest BCUT2D eigenvalue weighted by Gasteiger charge is -1.71. The highest BCUT2D eigenvalue weighted by atomic mass is 19.0. The van der Waals surface area contributed by atoms with E-state index in [4.69, 9.17) is 0 Å². The minimum absolute atomic E-state index is 0. The Kier molecular flexibility index (Phi) is 6.65. The van der Waals surface area contributed by atoms with Crippen LogP contribution in [0.15, 0.2) is 24.8 Å². The second kappa shape index (κ2) is 4.41. The van der Waals surface area contributed by atoms with Gasteiger partial charge in [0.25, 0.3) is 0 Å². The average Bonchev–Trinajstić information content (AvgIpc) is 1.38. The summed E-state index contributed by atoms with van der Waals surface area (Å²) in [4.78, 5) is 0. The molecule has 0 heterocycles. The summed E-state index contributed by atoms with van der Waals surface area (Å²) in [7, 11) is 0. The standard InChI is InChI=1S/C5H8.FH/c1-4-5(2)3;/h4H,1-2H2,3H3;1H. The number of rotatable bonds is 1. The Morgan fingerprint density at radius 3 is 1.83 bits per heavy atom. The quantitative estimate of drug-likeness (QED) is 0.429. The van der Waals surface area contributed by atoms with Crippen LogP contribution in [0.1, 0.15) is 6.92 Å². The molecule has 6 heavy (non-hydrogen) atoms. The third-order valence-corrected chi connectivity index (χ3v) is 0.348. The first kappa shape index (κ1) is 9.05. The molecule has 0 aromatic carbocycles. The van der Waals surface area contributed by atoms with Crippen LogP contribution in [0.5, 0.6) is 0 Å². The number of halogens is 1. The van der Waals surface area contributed by atoms with Crippen LogP contribution in [0.2, 0.25) is 0 Å². The van der Waals surface area contributed by atoms with Gasteiger partial charge in [-0.05, 0) is 6.92 Å². The van der Waals surface area contributed by atoms with E-state index < -0.39 is 0 Å². The van der Waals surface area contributed by atoms with Crippen molar-refractivity contribution in [1.82, 2.24) is 0 Å². The molecule has 0 spiro atoms. The molecule has 0 aliphatic heterocycles. The van der Waals surface area contributed by atoms with Crippen molar-refractivity contribution >= 4 is 0 Å². The van der Waals surface area contributed by atoms with Crippen molar-refractivity contribution in [1.29, 1.82) is 0 Å². The first-order chi connectivity index (χ1) is 2.27. The summed E-state index contributed by atoms with van der Waals surface area (Å²) >= 11 is 0. The van der Waals surface area contributed by atoms with Crippen molar-refractivity contribution in [3.05, 3.63) is 24.8 Å². The maximum atomic E-state index is 3.56. The van der Waals surface area contributed by atoms with Crippen LogP contribution in [-0.2, 0) is 0 Å². The average molecular weight is 88.1 g/mol. The van der Waals surface area contributed by atoms with E-state index in [9.17, 15) is 0 Å². The predicted octanol–water partition coefficient (Wildman–Crippen LogP) is 1.90. The Morgan fingerprint density at radius 1 is 1.67 bits per heavy atom. The maximum absolute atomic E-state index is 3.56. The van der Waals surface area contributed by atoms with Crippen LogP contribution < -0.4 is 0 Å². The second-order valence-electron chi connectivity index (χ2n) is 1.05. The Bertz CT molecular complexity index is 55.0. The van der Waals surface area contributed by atoms with Gasteiger partial charge in [-0.1, -0.05) is 24.8 Å². The summed E-state index contributed by atoms with van der Waals surface area (Å²) in [5.74, 6) is 0. The zero-order valence-corrected chi connectivity index (χ0v) is 3.90. The van der Waals surface area contributed by atoms with Crippen molar-refractivity contribution in [3.8, 4) is 0 Å². The molecule has 0 rings (SSSR count). The minimum atomic E-state index is 0. The monoisotopic (exact) mass is 88.1 g/mol. The minimum Gasteiger partial charge on any atom is -0.269 e. The third kappa shape index (κ3) is 9.96. The fraction of sp³-hybridized carbons (Fsp3) is 0.200.